The fraction of sp³-hybridized carbons (Fsp3) is 0.150. The maximum atomic E-state index is 12.3. The quantitative estimate of drug-likeness (QED) is 0.693. The average molecular weight is 350 g/mol. The molecule has 2 aromatic carbocycles. The van der Waals surface area contributed by atoms with Crippen molar-refractivity contribution in [1.29, 1.82) is 0 Å². The molecule has 0 atom stereocenters. The van der Waals surface area contributed by atoms with Crippen LogP contribution in [0.5, 0.6) is 0 Å². The summed E-state index contributed by atoms with van der Waals surface area (Å²) in [5.74, 6) is -1.17. The van der Waals surface area contributed by atoms with Crippen molar-refractivity contribution in [1.82, 2.24) is 4.98 Å². The molecule has 3 rings (SSSR count). The smallest absolute Gasteiger partial charge is 0.339 e. The first-order valence-corrected chi connectivity index (χ1v) is 8.25. The first kappa shape index (κ1) is 17.4. The minimum absolute atomic E-state index is 0.129. The number of benzene rings is 2. The standard InChI is InChI=1S/C20H18N2O4/c1-2-13-7-9-14(10-8-13)21-19(24)12-26-20(25)16-11-18(23)22-17-6-4-3-5-15(16)17/h3-11H,2,12H2,1H3,(H,21,24)(H,22,23). The molecule has 0 radical (unpaired) electrons. The summed E-state index contributed by atoms with van der Waals surface area (Å²) in [5, 5.41) is 3.23. The van der Waals surface area contributed by atoms with Crippen molar-refractivity contribution in [3.8, 4) is 0 Å². The van der Waals surface area contributed by atoms with Crippen LogP contribution in [0.15, 0.2) is 59.4 Å². The number of hydrogen-bond donors (Lipinski definition) is 2. The number of H-pyrrole nitrogens is 1. The summed E-state index contributed by atoms with van der Waals surface area (Å²) < 4.78 is 5.07. The molecule has 6 heteroatoms. The number of aromatic amines is 1. The number of amides is 1. The number of pyridine rings is 1. The third kappa shape index (κ3) is 3.97. The molecule has 6 nitrogen and oxygen atoms in total. The van der Waals surface area contributed by atoms with Crippen molar-refractivity contribution in [2.24, 2.45) is 0 Å². The van der Waals surface area contributed by atoms with E-state index in [4.69, 9.17) is 4.74 Å². The lowest BCUT2D eigenvalue weighted by atomic mass is 10.1. The molecule has 26 heavy (non-hydrogen) atoms. The van der Waals surface area contributed by atoms with Crippen molar-refractivity contribution in [3.05, 3.63) is 76.1 Å². The predicted molar refractivity (Wildman–Crippen MR) is 99.3 cm³/mol. The van der Waals surface area contributed by atoms with E-state index in [9.17, 15) is 14.4 Å². The second-order valence-corrected chi connectivity index (χ2v) is 5.77. The molecule has 0 saturated heterocycles. The second kappa shape index (κ2) is 7.65. The number of ether oxygens (including phenoxy) is 1. The maximum absolute atomic E-state index is 12.3. The highest BCUT2D eigenvalue weighted by atomic mass is 16.5. The van der Waals surface area contributed by atoms with E-state index >= 15 is 0 Å². The number of rotatable bonds is 5. The molecule has 1 heterocycles. The molecule has 3 aromatic rings. The Bertz CT molecular complexity index is 1010. The SMILES string of the molecule is CCc1ccc(NC(=O)COC(=O)c2cc(=O)[nH]c3ccccc23)cc1. The van der Waals surface area contributed by atoms with E-state index in [0.29, 0.717) is 16.6 Å². The fourth-order valence-electron chi connectivity index (χ4n) is 2.60. The summed E-state index contributed by atoms with van der Waals surface area (Å²) in [6.07, 6.45) is 0.913. The lowest BCUT2D eigenvalue weighted by Gasteiger charge is -2.08. The van der Waals surface area contributed by atoms with Gasteiger partial charge in [0, 0.05) is 22.7 Å². The number of aryl methyl sites for hydroxylation is 1. The fourth-order valence-corrected chi connectivity index (χ4v) is 2.60. The van der Waals surface area contributed by atoms with Gasteiger partial charge in [-0.15, -0.1) is 0 Å². The monoisotopic (exact) mass is 350 g/mol. The van der Waals surface area contributed by atoms with Crippen LogP contribution < -0.4 is 10.9 Å². The molecule has 0 aliphatic heterocycles. The zero-order valence-corrected chi connectivity index (χ0v) is 14.2. The first-order valence-electron chi connectivity index (χ1n) is 8.25. The summed E-state index contributed by atoms with van der Waals surface area (Å²) in [6, 6.07) is 15.5. The summed E-state index contributed by atoms with van der Waals surface area (Å²) in [4.78, 5) is 38.6. The third-order valence-corrected chi connectivity index (χ3v) is 3.95. The topological polar surface area (TPSA) is 88.3 Å². The Morgan fingerprint density at radius 3 is 2.54 bits per heavy atom. The molecule has 1 aromatic heterocycles. The largest absolute Gasteiger partial charge is 0.452 e. The molecule has 1 amide bonds. The first-order chi connectivity index (χ1) is 12.6. The van der Waals surface area contributed by atoms with Gasteiger partial charge in [0.05, 0.1) is 5.56 Å². The molecule has 132 valence electrons. The minimum Gasteiger partial charge on any atom is -0.452 e. The Hall–Kier alpha value is -3.41. The van der Waals surface area contributed by atoms with Gasteiger partial charge in [0.1, 0.15) is 0 Å². The number of anilines is 1. The van der Waals surface area contributed by atoms with Crippen molar-refractivity contribution in [2.45, 2.75) is 13.3 Å². The lowest BCUT2D eigenvalue weighted by molar-refractivity contribution is -0.119. The number of nitrogens with one attached hydrogen (secondary N) is 2. The van der Waals surface area contributed by atoms with Crippen LogP contribution in [0.2, 0.25) is 0 Å². The van der Waals surface area contributed by atoms with E-state index < -0.39 is 24.0 Å². The molecule has 0 spiro atoms. The normalized spacial score (nSPS) is 10.5. The molecule has 2 N–H and O–H groups in total. The van der Waals surface area contributed by atoms with Crippen LogP contribution in [0.3, 0.4) is 0 Å². The minimum atomic E-state index is -0.719. The Kier molecular flexibility index (Phi) is 5.12. The zero-order valence-electron chi connectivity index (χ0n) is 14.2. The highest BCUT2D eigenvalue weighted by molar-refractivity contribution is 6.04. The number of aromatic nitrogens is 1. The van der Waals surface area contributed by atoms with Gasteiger partial charge in [0.2, 0.25) is 5.56 Å². The van der Waals surface area contributed by atoms with Crippen molar-refractivity contribution < 1.29 is 14.3 Å². The second-order valence-electron chi connectivity index (χ2n) is 5.77. The van der Waals surface area contributed by atoms with Crippen LogP contribution >= 0.6 is 0 Å². The van der Waals surface area contributed by atoms with Crippen molar-refractivity contribution in [2.75, 3.05) is 11.9 Å². The van der Waals surface area contributed by atoms with Gasteiger partial charge in [-0.3, -0.25) is 9.59 Å². The van der Waals surface area contributed by atoms with Crippen LogP contribution in [0.4, 0.5) is 5.69 Å². The van der Waals surface area contributed by atoms with Crippen LogP contribution in [0.25, 0.3) is 10.9 Å². The van der Waals surface area contributed by atoms with E-state index in [1.54, 1.807) is 36.4 Å². The molecular formula is C20H18N2O4. The van der Waals surface area contributed by atoms with Gasteiger partial charge in [-0.2, -0.15) is 0 Å². The molecular weight excluding hydrogens is 332 g/mol. The highest BCUT2D eigenvalue weighted by Gasteiger charge is 2.14. The molecule has 0 fully saturated rings. The Balaban J connectivity index is 1.67. The molecule has 0 bridgehead atoms. The van der Waals surface area contributed by atoms with Gasteiger partial charge in [-0.1, -0.05) is 37.3 Å². The van der Waals surface area contributed by atoms with Gasteiger partial charge < -0.3 is 15.0 Å². The number of fused-ring (bicyclic) bond motifs is 1. The van der Waals surface area contributed by atoms with Crippen molar-refractivity contribution >= 4 is 28.5 Å². The van der Waals surface area contributed by atoms with Gasteiger partial charge in [-0.05, 0) is 30.2 Å². The van der Waals surface area contributed by atoms with E-state index in [-0.39, 0.29) is 5.56 Å². The number of carbonyl (C=O) groups excluding carboxylic acids is 2. The number of para-hydroxylation sites is 1. The summed E-state index contributed by atoms with van der Waals surface area (Å²) in [7, 11) is 0. The molecule has 0 unspecified atom stereocenters. The summed E-state index contributed by atoms with van der Waals surface area (Å²) >= 11 is 0. The number of hydrogen-bond acceptors (Lipinski definition) is 4. The highest BCUT2D eigenvalue weighted by Crippen LogP contribution is 2.15. The van der Waals surface area contributed by atoms with E-state index in [2.05, 4.69) is 10.3 Å². The van der Waals surface area contributed by atoms with E-state index in [1.165, 1.54) is 6.07 Å². The Labute approximate surface area is 149 Å². The number of carbonyl (C=O) groups is 2. The van der Waals surface area contributed by atoms with Gasteiger partial charge in [-0.25, -0.2) is 4.79 Å². The van der Waals surface area contributed by atoms with E-state index in [0.717, 1.165) is 12.0 Å². The lowest BCUT2D eigenvalue weighted by Crippen LogP contribution is -2.22. The Morgan fingerprint density at radius 1 is 1.08 bits per heavy atom. The van der Waals surface area contributed by atoms with Crippen LogP contribution in [0, 0.1) is 0 Å². The predicted octanol–water partition coefficient (Wildman–Crippen LogP) is 2.89. The zero-order chi connectivity index (χ0) is 18.5. The molecule has 0 aliphatic carbocycles. The van der Waals surface area contributed by atoms with Crippen molar-refractivity contribution in [3.63, 3.8) is 0 Å². The Morgan fingerprint density at radius 2 is 1.81 bits per heavy atom. The third-order valence-electron chi connectivity index (χ3n) is 3.95. The van der Waals surface area contributed by atoms with Gasteiger partial charge >= 0.3 is 5.97 Å². The summed E-state index contributed by atoms with van der Waals surface area (Å²) in [6.45, 7) is 1.61. The van der Waals surface area contributed by atoms with Crippen LogP contribution in [0.1, 0.15) is 22.8 Å². The van der Waals surface area contributed by atoms with E-state index in [1.807, 2.05) is 19.1 Å². The maximum Gasteiger partial charge on any atom is 0.339 e. The van der Waals surface area contributed by atoms with Crippen LogP contribution in [-0.4, -0.2) is 23.5 Å². The average Bonchev–Trinajstić information content (AvgIpc) is 2.66. The van der Waals surface area contributed by atoms with Gasteiger partial charge in [0.25, 0.3) is 5.91 Å². The number of esters is 1. The van der Waals surface area contributed by atoms with Gasteiger partial charge in [0.15, 0.2) is 6.61 Å². The summed E-state index contributed by atoms with van der Waals surface area (Å²) in [5.41, 5.74) is 2.05. The van der Waals surface area contributed by atoms with Crippen LogP contribution in [-0.2, 0) is 16.0 Å². The molecule has 0 saturated carbocycles. The molecule has 0 aliphatic rings.